The molecule has 21 heavy (non-hydrogen) atoms. The predicted octanol–water partition coefficient (Wildman–Crippen LogP) is 3.93. The molecule has 2 rings (SSSR count). The molecule has 1 saturated heterocycles. The smallest absolute Gasteiger partial charge is 0.255 e. The van der Waals surface area contributed by atoms with Crippen molar-refractivity contribution in [2.75, 3.05) is 25.9 Å². The zero-order chi connectivity index (χ0) is 15.4. The first-order valence-electron chi connectivity index (χ1n) is 7.13. The maximum atomic E-state index is 12.9. The van der Waals surface area contributed by atoms with Gasteiger partial charge in [0.2, 0.25) is 0 Å². The Morgan fingerprint density at radius 3 is 2.76 bits per heavy atom. The van der Waals surface area contributed by atoms with Gasteiger partial charge in [-0.15, -0.1) is 11.8 Å². The molecule has 1 aliphatic heterocycles. The summed E-state index contributed by atoms with van der Waals surface area (Å²) in [5.74, 6) is 0.00233. The van der Waals surface area contributed by atoms with Crippen LogP contribution in [0.25, 0.3) is 0 Å². The zero-order valence-electron chi connectivity index (χ0n) is 12.3. The Kier molecular flexibility index (Phi) is 6.23. The van der Waals surface area contributed by atoms with E-state index in [1.54, 1.807) is 6.07 Å². The van der Waals surface area contributed by atoms with E-state index < -0.39 is 0 Å². The van der Waals surface area contributed by atoms with Gasteiger partial charge in [0.1, 0.15) is 0 Å². The van der Waals surface area contributed by atoms with Crippen LogP contribution in [0, 0.1) is 0 Å². The van der Waals surface area contributed by atoms with E-state index in [1.807, 2.05) is 17.2 Å². The lowest BCUT2D eigenvalue weighted by atomic mass is 10.1. The molecule has 0 saturated carbocycles. The second-order valence-electron chi connectivity index (χ2n) is 5.11. The van der Waals surface area contributed by atoms with Crippen molar-refractivity contribution in [2.45, 2.75) is 30.7 Å². The molecule has 1 aromatic carbocycles. The fraction of sp³-hybridized carbons (Fsp3) is 0.533. The van der Waals surface area contributed by atoms with E-state index >= 15 is 0 Å². The molecule has 0 spiro atoms. The first-order chi connectivity index (χ1) is 10.1. The fourth-order valence-electron chi connectivity index (χ4n) is 2.60. The van der Waals surface area contributed by atoms with Crippen molar-refractivity contribution in [2.24, 2.45) is 0 Å². The lowest BCUT2D eigenvalue weighted by Crippen LogP contribution is -2.42. The molecule has 1 fully saturated rings. The second kappa shape index (κ2) is 7.73. The van der Waals surface area contributed by atoms with Gasteiger partial charge in [-0.2, -0.15) is 0 Å². The van der Waals surface area contributed by atoms with Crippen molar-refractivity contribution in [1.29, 1.82) is 0 Å². The molecule has 1 N–H and O–H groups in total. The van der Waals surface area contributed by atoms with Crippen LogP contribution in [0.2, 0.25) is 10.0 Å². The van der Waals surface area contributed by atoms with E-state index in [-0.39, 0.29) is 11.9 Å². The quantitative estimate of drug-likeness (QED) is 0.819. The Morgan fingerprint density at radius 1 is 1.43 bits per heavy atom. The molecule has 3 nitrogen and oxygen atoms in total. The van der Waals surface area contributed by atoms with Gasteiger partial charge in [-0.3, -0.25) is 4.79 Å². The molecule has 1 heterocycles. The lowest BCUT2D eigenvalue weighted by Gasteiger charge is -2.28. The Morgan fingerprint density at radius 2 is 2.19 bits per heavy atom. The van der Waals surface area contributed by atoms with E-state index in [4.69, 9.17) is 23.2 Å². The standard InChI is InChI=1S/C15H20Cl2N2OS/c1-3-6-19(10-4-5-18-9-10)15(20)11-7-14(21-2)13(17)8-12(11)16/h7-8,10,18H,3-6,9H2,1-2H3. The Balaban J connectivity index is 2.31. The first kappa shape index (κ1) is 16.9. The summed E-state index contributed by atoms with van der Waals surface area (Å²) >= 11 is 13.9. The number of thioether (sulfide) groups is 1. The number of halogens is 2. The van der Waals surface area contributed by atoms with E-state index in [9.17, 15) is 4.79 Å². The Hall–Kier alpha value is -0.420. The number of nitrogens with zero attached hydrogens (tertiary/aromatic N) is 1. The summed E-state index contributed by atoms with van der Waals surface area (Å²) in [4.78, 5) is 15.7. The molecule has 0 aliphatic carbocycles. The normalized spacial score (nSPS) is 18.0. The summed E-state index contributed by atoms with van der Waals surface area (Å²) in [6.45, 7) is 4.65. The van der Waals surface area contributed by atoms with Gasteiger partial charge >= 0.3 is 0 Å². The highest BCUT2D eigenvalue weighted by Gasteiger charge is 2.28. The minimum absolute atomic E-state index is 0.00233. The molecule has 1 aromatic rings. The van der Waals surface area contributed by atoms with Crippen molar-refractivity contribution >= 4 is 40.9 Å². The summed E-state index contributed by atoms with van der Waals surface area (Å²) in [5, 5.41) is 4.33. The van der Waals surface area contributed by atoms with Crippen LogP contribution in [0.15, 0.2) is 17.0 Å². The van der Waals surface area contributed by atoms with Gasteiger partial charge in [-0.25, -0.2) is 0 Å². The minimum atomic E-state index is 0.00233. The number of hydrogen-bond acceptors (Lipinski definition) is 3. The molecule has 0 bridgehead atoms. The summed E-state index contributed by atoms with van der Waals surface area (Å²) in [5.41, 5.74) is 0.547. The van der Waals surface area contributed by atoms with Crippen LogP contribution < -0.4 is 5.32 Å². The summed E-state index contributed by atoms with van der Waals surface area (Å²) in [6, 6.07) is 3.73. The van der Waals surface area contributed by atoms with E-state index in [2.05, 4.69) is 12.2 Å². The van der Waals surface area contributed by atoms with E-state index in [0.29, 0.717) is 15.6 Å². The monoisotopic (exact) mass is 346 g/mol. The third-order valence-electron chi connectivity index (χ3n) is 3.67. The maximum absolute atomic E-state index is 12.9. The molecule has 1 unspecified atom stereocenters. The highest BCUT2D eigenvalue weighted by Crippen LogP contribution is 2.32. The third-order valence-corrected chi connectivity index (χ3v) is 5.19. The van der Waals surface area contributed by atoms with Crippen molar-refractivity contribution in [1.82, 2.24) is 10.2 Å². The van der Waals surface area contributed by atoms with Gasteiger partial charge < -0.3 is 10.2 Å². The van der Waals surface area contributed by atoms with Gasteiger partial charge in [0.15, 0.2) is 0 Å². The second-order valence-corrected chi connectivity index (χ2v) is 6.77. The Bertz CT molecular complexity index is 519. The number of hydrogen-bond donors (Lipinski definition) is 1. The predicted molar refractivity (Wildman–Crippen MR) is 90.8 cm³/mol. The molecule has 0 radical (unpaired) electrons. The van der Waals surface area contributed by atoms with Crippen LogP contribution in [0.3, 0.4) is 0 Å². The Labute approximate surface area is 140 Å². The SMILES string of the molecule is CCCN(C(=O)c1cc(SC)c(Cl)cc1Cl)C1CCNC1. The first-order valence-corrected chi connectivity index (χ1v) is 9.11. The molecule has 116 valence electrons. The van der Waals surface area contributed by atoms with Crippen molar-refractivity contribution < 1.29 is 4.79 Å². The van der Waals surface area contributed by atoms with Crippen LogP contribution in [0.1, 0.15) is 30.1 Å². The zero-order valence-corrected chi connectivity index (χ0v) is 14.6. The number of carbonyl (C=O) groups excluding carboxylic acids is 1. The lowest BCUT2D eigenvalue weighted by molar-refractivity contribution is 0.0692. The number of amides is 1. The van der Waals surface area contributed by atoms with Gasteiger partial charge in [0.05, 0.1) is 15.6 Å². The van der Waals surface area contributed by atoms with Gasteiger partial charge in [0.25, 0.3) is 5.91 Å². The number of rotatable bonds is 5. The molecular formula is C15H20Cl2N2OS. The average molecular weight is 347 g/mol. The van der Waals surface area contributed by atoms with Crippen LogP contribution in [0.5, 0.6) is 0 Å². The molecular weight excluding hydrogens is 327 g/mol. The van der Waals surface area contributed by atoms with Crippen LogP contribution >= 0.6 is 35.0 Å². The largest absolute Gasteiger partial charge is 0.334 e. The summed E-state index contributed by atoms with van der Waals surface area (Å²) < 4.78 is 0. The van der Waals surface area contributed by atoms with Crippen LogP contribution in [-0.2, 0) is 0 Å². The van der Waals surface area contributed by atoms with Crippen LogP contribution in [0.4, 0.5) is 0 Å². The van der Waals surface area contributed by atoms with Gasteiger partial charge in [-0.05, 0) is 37.8 Å². The maximum Gasteiger partial charge on any atom is 0.255 e. The van der Waals surface area contributed by atoms with E-state index in [0.717, 1.165) is 37.4 Å². The molecule has 6 heteroatoms. The summed E-state index contributed by atoms with van der Waals surface area (Å²) in [7, 11) is 0. The highest BCUT2D eigenvalue weighted by atomic mass is 35.5. The number of carbonyl (C=O) groups is 1. The molecule has 0 aromatic heterocycles. The van der Waals surface area contributed by atoms with Crippen molar-refractivity contribution in [3.63, 3.8) is 0 Å². The summed E-state index contributed by atoms with van der Waals surface area (Å²) in [6.07, 6.45) is 3.86. The fourth-order valence-corrected chi connectivity index (χ4v) is 3.79. The number of benzene rings is 1. The third kappa shape index (κ3) is 3.86. The van der Waals surface area contributed by atoms with Gasteiger partial charge in [0, 0.05) is 24.0 Å². The molecule has 1 aliphatic rings. The topological polar surface area (TPSA) is 32.3 Å². The number of nitrogens with one attached hydrogen (secondary N) is 1. The van der Waals surface area contributed by atoms with Crippen LogP contribution in [-0.4, -0.2) is 42.7 Å². The highest BCUT2D eigenvalue weighted by molar-refractivity contribution is 7.98. The minimum Gasteiger partial charge on any atom is -0.334 e. The molecule has 1 atom stereocenters. The van der Waals surface area contributed by atoms with Gasteiger partial charge in [-0.1, -0.05) is 30.1 Å². The van der Waals surface area contributed by atoms with Crippen molar-refractivity contribution in [3.05, 3.63) is 27.7 Å². The van der Waals surface area contributed by atoms with Crippen molar-refractivity contribution in [3.8, 4) is 0 Å². The molecule has 1 amide bonds. The van der Waals surface area contributed by atoms with E-state index in [1.165, 1.54) is 11.8 Å². The average Bonchev–Trinajstić information content (AvgIpc) is 2.98.